The molecule has 0 aliphatic carbocycles. The number of unbranched alkanes of at least 4 members (excludes halogenated alkanes) is 1. The summed E-state index contributed by atoms with van der Waals surface area (Å²) in [5.74, 6) is -0.256. The predicted molar refractivity (Wildman–Crippen MR) is 208 cm³/mol. The van der Waals surface area contributed by atoms with E-state index in [2.05, 4.69) is 31.1 Å². The normalized spacial score (nSPS) is 11.7. The van der Waals surface area contributed by atoms with Crippen molar-refractivity contribution in [3.63, 3.8) is 0 Å². The maximum absolute atomic E-state index is 12.8. The third kappa shape index (κ3) is 8.75. The highest BCUT2D eigenvalue weighted by atomic mass is 32.1. The van der Waals surface area contributed by atoms with Crippen LogP contribution in [0.5, 0.6) is 0 Å². The molecule has 1 amide bonds. The van der Waals surface area contributed by atoms with Gasteiger partial charge in [0, 0.05) is 47.7 Å². The van der Waals surface area contributed by atoms with Crippen LogP contribution in [0.3, 0.4) is 0 Å². The number of rotatable bonds is 16. The molecule has 6 rings (SSSR count). The molecule has 12 nitrogen and oxygen atoms in total. The Balaban J connectivity index is 1.05. The number of amides is 1. The number of benzene rings is 2. The molecule has 15 heteroatoms. The van der Waals surface area contributed by atoms with Gasteiger partial charge in [-0.2, -0.15) is 10.2 Å². The van der Waals surface area contributed by atoms with E-state index in [1.54, 1.807) is 12.1 Å². The summed E-state index contributed by atoms with van der Waals surface area (Å²) in [5, 5.41) is 20.8. The van der Waals surface area contributed by atoms with Crippen molar-refractivity contribution < 1.29 is 14.4 Å². The molecule has 258 valence electrons. The first-order valence-corrected chi connectivity index (χ1v) is 18.5. The molecule has 2 aromatic carbocycles. The molecule has 0 aliphatic heterocycles. The number of carbonyl (C=O) groups is 3. The van der Waals surface area contributed by atoms with Crippen LogP contribution in [-0.2, 0) is 4.79 Å². The number of carbonyl (C=O) groups excluding carboxylic acids is 3. The molecule has 0 atom stereocenters. The average Bonchev–Trinajstić information content (AvgIpc) is 3.93. The lowest BCUT2D eigenvalue weighted by Crippen LogP contribution is -2.24. The number of nitrogens with zero attached hydrogens (tertiary/aromatic N) is 6. The minimum atomic E-state index is -0.256. The lowest BCUT2D eigenvalue weighted by Gasteiger charge is -2.13. The van der Waals surface area contributed by atoms with Crippen LogP contribution in [-0.4, -0.2) is 65.0 Å². The summed E-state index contributed by atoms with van der Waals surface area (Å²) in [5.41, 5.74) is 7.42. The standard InChI is InChI=1S/C36H33N9O3S3/c1-23-15-16-26-32(30(21-47)50-34(26)40-23)37-17-9-10-18-38-33(48)29-19-39-35(51-29)43-42-27(20-46)31(25-13-7-4-8-14-25)44-45(2)36-41-28(22-49-36)24-11-5-3-6-12-24/h3-8,11-16,19-22,37H,9-10,17-18H2,1-2H3,(H,38,48)(H,39,43)/b42-27-,44-31-. The molecule has 51 heavy (non-hydrogen) atoms. The summed E-state index contributed by atoms with van der Waals surface area (Å²) >= 11 is 3.93. The van der Waals surface area contributed by atoms with E-state index in [0.717, 1.165) is 63.3 Å². The summed E-state index contributed by atoms with van der Waals surface area (Å²) in [6.07, 6.45) is 4.46. The van der Waals surface area contributed by atoms with Crippen LogP contribution in [0.4, 0.5) is 16.0 Å². The molecule has 0 bridgehead atoms. The van der Waals surface area contributed by atoms with Crippen molar-refractivity contribution in [1.82, 2.24) is 20.3 Å². The van der Waals surface area contributed by atoms with E-state index in [1.807, 2.05) is 85.1 Å². The number of fused-ring (bicyclic) bond motifs is 1. The second-order valence-electron chi connectivity index (χ2n) is 11.1. The Kier molecular flexibility index (Phi) is 11.6. The van der Waals surface area contributed by atoms with Gasteiger partial charge < -0.3 is 10.6 Å². The number of anilines is 3. The zero-order valence-corrected chi connectivity index (χ0v) is 30.1. The average molecular weight is 736 g/mol. The van der Waals surface area contributed by atoms with Gasteiger partial charge in [-0.05, 0) is 31.9 Å². The zero-order chi connectivity index (χ0) is 35.6. The number of hydrogen-bond acceptors (Lipinski definition) is 14. The zero-order valence-electron chi connectivity index (χ0n) is 27.7. The molecular formula is C36H33N9O3S3. The third-order valence-corrected chi connectivity index (χ3v) is 10.3. The molecule has 0 saturated carbocycles. The summed E-state index contributed by atoms with van der Waals surface area (Å²) < 4.78 is 0. The van der Waals surface area contributed by atoms with E-state index < -0.39 is 0 Å². The molecule has 4 heterocycles. The van der Waals surface area contributed by atoms with Crippen molar-refractivity contribution in [3.8, 4) is 11.3 Å². The van der Waals surface area contributed by atoms with Gasteiger partial charge >= 0.3 is 0 Å². The van der Waals surface area contributed by atoms with Gasteiger partial charge in [0.25, 0.3) is 5.91 Å². The highest BCUT2D eigenvalue weighted by Crippen LogP contribution is 2.34. The Morgan fingerprint density at radius 1 is 0.941 bits per heavy atom. The smallest absolute Gasteiger partial charge is 0.263 e. The first-order valence-electron chi connectivity index (χ1n) is 15.9. The number of nitrogens with one attached hydrogen (secondary N) is 3. The first kappa shape index (κ1) is 35.2. The van der Waals surface area contributed by atoms with E-state index in [9.17, 15) is 14.4 Å². The number of pyridine rings is 1. The van der Waals surface area contributed by atoms with Gasteiger partial charge in [-0.25, -0.2) is 20.0 Å². The number of thiazole rings is 2. The number of hydrogen-bond donors (Lipinski definition) is 3. The predicted octanol–water partition coefficient (Wildman–Crippen LogP) is 7.13. The second kappa shape index (κ2) is 16.8. The Labute approximate surface area is 306 Å². The Hall–Kier alpha value is -5.64. The van der Waals surface area contributed by atoms with Crippen LogP contribution in [0.1, 0.15) is 43.4 Å². The summed E-state index contributed by atoms with van der Waals surface area (Å²) in [6, 6.07) is 23.0. The van der Waals surface area contributed by atoms with Gasteiger partial charge in [0.2, 0.25) is 10.3 Å². The highest BCUT2D eigenvalue weighted by molar-refractivity contribution is 7.21. The minimum Gasteiger partial charge on any atom is -0.383 e. The number of aromatic nitrogens is 3. The largest absolute Gasteiger partial charge is 0.383 e. The van der Waals surface area contributed by atoms with Gasteiger partial charge in [0.05, 0.1) is 22.5 Å². The van der Waals surface area contributed by atoms with E-state index >= 15 is 0 Å². The quantitative estimate of drug-likeness (QED) is 0.0408. The molecule has 0 aliphatic rings. The lowest BCUT2D eigenvalue weighted by molar-refractivity contribution is -0.102. The molecule has 0 saturated heterocycles. The molecule has 0 radical (unpaired) electrons. The highest BCUT2D eigenvalue weighted by Gasteiger charge is 2.17. The van der Waals surface area contributed by atoms with Crippen LogP contribution in [0, 0.1) is 6.92 Å². The molecule has 0 unspecified atom stereocenters. The number of hydrazone groups is 2. The SMILES string of the molecule is Cc1ccc2c(NCCCCNC(=O)c3cnc(N/N=C(C=O)\C(=N/N(C)c4nc(-c5ccccc5)cs4)c4ccccc4)s3)c(C=O)sc2n1. The Morgan fingerprint density at radius 2 is 1.71 bits per heavy atom. The lowest BCUT2D eigenvalue weighted by atomic mass is 10.1. The van der Waals surface area contributed by atoms with Crippen molar-refractivity contribution in [2.45, 2.75) is 19.8 Å². The monoisotopic (exact) mass is 735 g/mol. The van der Waals surface area contributed by atoms with Gasteiger partial charge in [-0.1, -0.05) is 72.0 Å². The Bertz CT molecular complexity index is 2190. The van der Waals surface area contributed by atoms with Gasteiger partial charge in [0.15, 0.2) is 18.3 Å². The van der Waals surface area contributed by atoms with Crippen LogP contribution < -0.4 is 21.1 Å². The maximum Gasteiger partial charge on any atom is 0.263 e. The summed E-state index contributed by atoms with van der Waals surface area (Å²) in [6.45, 7) is 3.04. The number of aryl methyl sites for hydroxylation is 1. The van der Waals surface area contributed by atoms with Crippen molar-refractivity contribution >= 4 is 90.1 Å². The fraction of sp³-hybridized carbons (Fsp3) is 0.167. The molecule has 0 fully saturated rings. The van der Waals surface area contributed by atoms with E-state index in [-0.39, 0.29) is 11.6 Å². The second-order valence-corrected chi connectivity index (χ2v) is 14.0. The van der Waals surface area contributed by atoms with Gasteiger partial charge in [-0.3, -0.25) is 19.8 Å². The van der Waals surface area contributed by atoms with E-state index in [0.29, 0.717) is 50.7 Å². The van der Waals surface area contributed by atoms with Crippen molar-refractivity contribution in [2.24, 2.45) is 10.2 Å². The first-order chi connectivity index (χ1) is 24.9. The Morgan fingerprint density at radius 3 is 2.47 bits per heavy atom. The minimum absolute atomic E-state index is 0.0461. The molecular weight excluding hydrogens is 703 g/mol. The molecule has 0 spiro atoms. The fourth-order valence-corrected chi connectivity index (χ4v) is 7.42. The van der Waals surface area contributed by atoms with Crippen molar-refractivity contribution in [1.29, 1.82) is 0 Å². The maximum atomic E-state index is 12.8. The fourth-order valence-electron chi connectivity index (χ4n) is 4.98. The van der Waals surface area contributed by atoms with Crippen LogP contribution in [0.15, 0.2) is 94.6 Å². The van der Waals surface area contributed by atoms with Gasteiger partial charge in [-0.15, -0.1) is 22.7 Å². The van der Waals surface area contributed by atoms with Crippen molar-refractivity contribution in [2.75, 3.05) is 35.9 Å². The number of thiophene rings is 1. The topological polar surface area (TPSA) is 154 Å². The summed E-state index contributed by atoms with van der Waals surface area (Å²) in [7, 11) is 1.77. The third-order valence-electron chi connectivity index (χ3n) is 7.51. The van der Waals surface area contributed by atoms with Crippen molar-refractivity contribution in [3.05, 3.63) is 105 Å². The van der Waals surface area contributed by atoms with E-state index in [1.165, 1.54) is 28.9 Å². The van der Waals surface area contributed by atoms with E-state index in [4.69, 9.17) is 10.1 Å². The number of aldehydes is 2. The van der Waals surface area contributed by atoms with Crippen LogP contribution in [0.2, 0.25) is 0 Å². The molecule has 4 aromatic heterocycles. The van der Waals surface area contributed by atoms with Gasteiger partial charge in [0.1, 0.15) is 15.4 Å². The molecule has 6 aromatic rings. The summed E-state index contributed by atoms with van der Waals surface area (Å²) in [4.78, 5) is 52.1. The molecule has 3 N–H and O–H groups in total. The van der Waals surface area contributed by atoms with Crippen LogP contribution >= 0.6 is 34.0 Å². The van der Waals surface area contributed by atoms with Crippen LogP contribution in [0.25, 0.3) is 21.5 Å².